The van der Waals surface area contributed by atoms with Gasteiger partial charge in [-0.05, 0) is 41.4 Å². The summed E-state index contributed by atoms with van der Waals surface area (Å²) in [4.78, 5) is 0. The van der Waals surface area contributed by atoms with Gasteiger partial charge in [0.1, 0.15) is 0 Å². The van der Waals surface area contributed by atoms with Gasteiger partial charge in [0.15, 0.2) is 0 Å². The first-order chi connectivity index (χ1) is 9.11. The summed E-state index contributed by atoms with van der Waals surface area (Å²) in [5.41, 5.74) is 0.809. The van der Waals surface area contributed by atoms with Crippen molar-refractivity contribution in [2.24, 2.45) is 0 Å². The Kier molecular flexibility index (Phi) is 7.47. The third-order valence-corrected chi connectivity index (χ3v) is 4.18. The molecular formula is C16H26BrNO. The fourth-order valence-electron chi connectivity index (χ4n) is 2.19. The lowest BCUT2D eigenvalue weighted by atomic mass is 9.94. The topological polar surface area (TPSA) is 32.3 Å². The number of nitrogens with one attached hydrogen (secondary N) is 1. The predicted octanol–water partition coefficient (Wildman–Crippen LogP) is 4.97. The second-order valence-corrected chi connectivity index (χ2v) is 6.34. The van der Waals surface area contributed by atoms with Crippen molar-refractivity contribution in [3.8, 4) is 0 Å². The standard InChI is InChI=1S/C16H26BrNO/c1-3-4-5-6-9-12-16(2,13-19)18-15-11-8-7-10-14(15)17/h7-8,10-11,18-19H,3-6,9,12-13H2,1-2H3. The summed E-state index contributed by atoms with van der Waals surface area (Å²) in [5.74, 6) is 0. The number of benzene rings is 1. The van der Waals surface area contributed by atoms with E-state index in [2.05, 4.69) is 35.1 Å². The van der Waals surface area contributed by atoms with Crippen LogP contribution in [0.5, 0.6) is 0 Å². The molecule has 0 heterocycles. The third-order valence-electron chi connectivity index (χ3n) is 3.49. The largest absolute Gasteiger partial charge is 0.394 e. The third kappa shape index (κ3) is 5.96. The SMILES string of the molecule is CCCCCCCC(C)(CO)Nc1ccccc1Br. The van der Waals surface area contributed by atoms with Crippen LogP contribution in [0.3, 0.4) is 0 Å². The first kappa shape index (κ1) is 16.5. The van der Waals surface area contributed by atoms with E-state index in [9.17, 15) is 5.11 Å². The van der Waals surface area contributed by atoms with Gasteiger partial charge in [-0.3, -0.25) is 0 Å². The highest BCUT2D eigenvalue weighted by Crippen LogP contribution is 2.27. The van der Waals surface area contributed by atoms with Crippen molar-refractivity contribution in [3.05, 3.63) is 28.7 Å². The lowest BCUT2D eigenvalue weighted by molar-refractivity contribution is 0.211. The van der Waals surface area contributed by atoms with E-state index >= 15 is 0 Å². The highest BCUT2D eigenvalue weighted by Gasteiger charge is 2.23. The maximum absolute atomic E-state index is 9.66. The second kappa shape index (κ2) is 8.60. The van der Waals surface area contributed by atoms with Crippen LogP contribution in [0.1, 0.15) is 52.4 Å². The number of aliphatic hydroxyl groups is 1. The van der Waals surface area contributed by atoms with E-state index in [0.29, 0.717) is 0 Å². The molecule has 0 aliphatic carbocycles. The van der Waals surface area contributed by atoms with Gasteiger partial charge in [0.25, 0.3) is 0 Å². The van der Waals surface area contributed by atoms with E-state index in [1.807, 2.05) is 24.3 Å². The molecule has 0 saturated carbocycles. The van der Waals surface area contributed by atoms with Crippen molar-refractivity contribution >= 4 is 21.6 Å². The van der Waals surface area contributed by atoms with Crippen LogP contribution in [-0.2, 0) is 0 Å². The van der Waals surface area contributed by atoms with Crippen molar-refractivity contribution in [3.63, 3.8) is 0 Å². The molecular weight excluding hydrogens is 302 g/mol. The molecule has 0 aliphatic rings. The maximum atomic E-state index is 9.66. The van der Waals surface area contributed by atoms with Gasteiger partial charge in [-0.15, -0.1) is 0 Å². The first-order valence-corrected chi connectivity index (χ1v) is 8.04. The summed E-state index contributed by atoms with van der Waals surface area (Å²) in [6.45, 7) is 4.47. The molecule has 0 aromatic heterocycles. The highest BCUT2D eigenvalue weighted by atomic mass is 79.9. The summed E-state index contributed by atoms with van der Waals surface area (Å²) in [7, 11) is 0. The molecule has 0 aliphatic heterocycles. The minimum atomic E-state index is -0.240. The molecule has 1 aromatic carbocycles. The van der Waals surface area contributed by atoms with Crippen LogP contribution in [0.15, 0.2) is 28.7 Å². The van der Waals surface area contributed by atoms with Crippen LogP contribution in [0.4, 0.5) is 5.69 Å². The summed E-state index contributed by atoms with van der Waals surface area (Å²) in [6.07, 6.45) is 7.29. The second-order valence-electron chi connectivity index (χ2n) is 5.49. The van der Waals surface area contributed by atoms with Gasteiger partial charge in [0.05, 0.1) is 12.1 Å². The summed E-state index contributed by atoms with van der Waals surface area (Å²) >= 11 is 3.54. The molecule has 2 N–H and O–H groups in total. The molecule has 1 unspecified atom stereocenters. The molecule has 0 fully saturated rings. The monoisotopic (exact) mass is 327 g/mol. The van der Waals surface area contributed by atoms with Gasteiger partial charge >= 0.3 is 0 Å². The Bertz CT molecular complexity index is 370. The zero-order valence-electron chi connectivity index (χ0n) is 12.1. The van der Waals surface area contributed by atoms with E-state index in [1.165, 1.54) is 25.7 Å². The minimum Gasteiger partial charge on any atom is -0.394 e. The van der Waals surface area contributed by atoms with Crippen molar-refractivity contribution < 1.29 is 5.11 Å². The highest BCUT2D eigenvalue weighted by molar-refractivity contribution is 9.10. The number of rotatable bonds is 9. The number of para-hydroxylation sites is 1. The van der Waals surface area contributed by atoms with E-state index in [-0.39, 0.29) is 12.1 Å². The Morgan fingerprint density at radius 2 is 1.84 bits per heavy atom. The van der Waals surface area contributed by atoms with Gasteiger partial charge < -0.3 is 10.4 Å². The van der Waals surface area contributed by atoms with Crippen molar-refractivity contribution in [1.82, 2.24) is 0 Å². The molecule has 0 radical (unpaired) electrons. The molecule has 1 atom stereocenters. The van der Waals surface area contributed by atoms with E-state index < -0.39 is 0 Å². The molecule has 0 amide bonds. The zero-order chi connectivity index (χ0) is 14.1. The van der Waals surface area contributed by atoms with Crippen LogP contribution in [0, 0.1) is 0 Å². The lowest BCUT2D eigenvalue weighted by Crippen LogP contribution is -2.38. The predicted molar refractivity (Wildman–Crippen MR) is 86.6 cm³/mol. The molecule has 0 bridgehead atoms. The molecule has 2 nitrogen and oxygen atoms in total. The van der Waals surface area contributed by atoms with Gasteiger partial charge in [-0.1, -0.05) is 51.2 Å². The van der Waals surface area contributed by atoms with Crippen LogP contribution in [0.25, 0.3) is 0 Å². The Morgan fingerprint density at radius 3 is 2.47 bits per heavy atom. The fraction of sp³-hybridized carbons (Fsp3) is 0.625. The molecule has 19 heavy (non-hydrogen) atoms. The average Bonchev–Trinajstić information content (AvgIpc) is 2.41. The first-order valence-electron chi connectivity index (χ1n) is 7.25. The summed E-state index contributed by atoms with van der Waals surface area (Å²) in [5, 5.41) is 13.1. The average molecular weight is 328 g/mol. The molecule has 108 valence electrons. The summed E-state index contributed by atoms with van der Waals surface area (Å²) in [6, 6.07) is 8.05. The van der Waals surface area contributed by atoms with Crippen LogP contribution < -0.4 is 5.32 Å². The molecule has 0 saturated heterocycles. The lowest BCUT2D eigenvalue weighted by Gasteiger charge is -2.30. The Balaban J connectivity index is 2.48. The van der Waals surface area contributed by atoms with Crippen molar-refractivity contribution in [2.75, 3.05) is 11.9 Å². The number of hydrogen-bond donors (Lipinski definition) is 2. The van der Waals surface area contributed by atoms with Crippen molar-refractivity contribution in [2.45, 2.75) is 57.9 Å². The molecule has 1 rings (SSSR count). The van der Waals surface area contributed by atoms with Crippen LogP contribution in [0.2, 0.25) is 0 Å². The maximum Gasteiger partial charge on any atom is 0.0658 e. The fourth-order valence-corrected chi connectivity index (χ4v) is 2.57. The zero-order valence-corrected chi connectivity index (χ0v) is 13.7. The smallest absolute Gasteiger partial charge is 0.0658 e. The molecule has 1 aromatic rings. The van der Waals surface area contributed by atoms with Crippen molar-refractivity contribution in [1.29, 1.82) is 0 Å². The molecule has 0 spiro atoms. The number of hydrogen-bond acceptors (Lipinski definition) is 2. The van der Waals surface area contributed by atoms with Gasteiger partial charge in [-0.2, -0.15) is 0 Å². The number of aliphatic hydroxyl groups excluding tert-OH is 1. The van der Waals surface area contributed by atoms with E-state index in [0.717, 1.165) is 23.0 Å². The van der Waals surface area contributed by atoms with Crippen LogP contribution >= 0.6 is 15.9 Å². The number of unbranched alkanes of at least 4 members (excludes halogenated alkanes) is 4. The van der Waals surface area contributed by atoms with Gasteiger partial charge in [0, 0.05) is 10.2 Å². The van der Waals surface area contributed by atoms with Crippen LogP contribution in [-0.4, -0.2) is 17.3 Å². The minimum absolute atomic E-state index is 0.155. The number of anilines is 1. The quantitative estimate of drug-likeness (QED) is 0.627. The Hall–Kier alpha value is -0.540. The Labute approximate surface area is 125 Å². The van der Waals surface area contributed by atoms with Gasteiger partial charge in [-0.25, -0.2) is 0 Å². The summed E-state index contributed by atoms with van der Waals surface area (Å²) < 4.78 is 1.04. The normalized spacial score (nSPS) is 14.1. The Morgan fingerprint density at radius 1 is 1.16 bits per heavy atom. The van der Waals surface area contributed by atoms with E-state index in [1.54, 1.807) is 0 Å². The molecule has 3 heteroatoms. The van der Waals surface area contributed by atoms with E-state index in [4.69, 9.17) is 0 Å². The number of halogens is 1. The van der Waals surface area contributed by atoms with Gasteiger partial charge in [0.2, 0.25) is 0 Å².